The van der Waals surface area contributed by atoms with Gasteiger partial charge in [0, 0.05) is 17.0 Å². The average Bonchev–Trinajstić information content (AvgIpc) is 2.79. The molecule has 2 atom stereocenters. The Labute approximate surface area is 108 Å². The molecule has 92 valence electrons. The van der Waals surface area contributed by atoms with Gasteiger partial charge in [-0.1, -0.05) is 19.9 Å². The third-order valence-electron chi connectivity index (χ3n) is 2.68. The normalized spacial score (nSPS) is 14.9. The van der Waals surface area contributed by atoms with Crippen molar-refractivity contribution in [3.63, 3.8) is 0 Å². The third-order valence-corrected chi connectivity index (χ3v) is 4.60. The van der Waals surface area contributed by atoms with E-state index in [9.17, 15) is 0 Å². The van der Waals surface area contributed by atoms with E-state index in [1.807, 2.05) is 23.1 Å². The summed E-state index contributed by atoms with van der Waals surface area (Å²) in [4.78, 5) is 1.47. The fourth-order valence-electron chi connectivity index (χ4n) is 1.72. The predicted molar refractivity (Wildman–Crippen MR) is 77.6 cm³/mol. The Balaban J connectivity index is 2.33. The van der Waals surface area contributed by atoms with Crippen LogP contribution in [0.5, 0.6) is 0 Å². The first-order valence-corrected chi connectivity index (χ1v) is 8.18. The van der Waals surface area contributed by atoms with Crippen LogP contribution in [0.2, 0.25) is 0 Å². The molecule has 0 aromatic carbocycles. The molecule has 3 heteroatoms. The molecule has 1 aromatic rings. The highest BCUT2D eigenvalue weighted by Crippen LogP contribution is 2.22. The van der Waals surface area contributed by atoms with Gasteiger partial charge in [0.25, 0.3) is 0 Å². The standard InChI is InChI=1S/C13H23NS2/c1-4-12(13-7-6-9-16-13)14-11(3)8-10-15-5-2/h6-7,9,11-12,14H,4-5,8,10H2,1-3H3. The van der Waals surface area contributed by atoms with Crippen molar-refractivity contribution in [1.82, 2.24) is 5.32 Å². The molecular weight excluding hydrogens is 234 g/mol. The summed E-state index contributed by atoms with van der Waals surface area (Å²) >= 11 is 3.89. The van der Waals surface area contributed by atoms with Gasteiger partial charge in [-0.05, 0) is 42.7 Å². The van der Waals surface area contributed by atoms with E-state index in [4.69, 9.17) is 0 Å². The number of hydrogen-bond donors (Lipinski definition) is 1. The van der Waals surface area contributed by atoms with Crippen LogP contribution in [0.3, 0.4) is 0 Å². The lowest BCUT2D eigenvalue weighted by atomic mass is 10.1. The van der Waals surface area contributed by atoms with Gasteiger partial charge in [-0.3, -0.25) is 0 Å². The van der Waals surface area contributed by atoms with Crippen LogP contribution in [0.25, 0.3) is 0 Å². The first-order valence-electron chi connectivity index (χ1n) is 6.15. The largest absolute Gasteiger partial charge is 0.307 e. The molecule has 0 aliphatic heterocycles. The van der Waals surface area contributed by atoms with Gasteiger partial charge in [0.15, 0.2) is 0 Å². The van der Waals surface area contributed by atoms with Gasteiger partial charge in [-0.15, -0.1) is 11.3 Å². The van der Waals surface area contributed by atoms with Gasteiger partial charge in [0.05, 0.1) is 0 Å². The topological polar surface area (TPSA) is 12.0 Å². The van der Waals surface area contributed by atoms with Gasteiger partial charge >= 0.3 is 0 Å². The molecule has 0 spiro atoms. The van der Waals surface area contributed by atoms with Crippen molar-refractivity contribution in [2.75, 3.05) is 11.5 Å². The van der Waals surface area contributed by atoms with Crippen molar-refractivity contribution in [2.24, 2.45) is 0 Å². The number of thioether (sulfide) groups is 1. The number of thiophene rings is 1. The monoisotopic (exact) mass is 257 g/mol. The zero-order chi connectivity index (χ0) is 11.8. The van der Waals surface area contributed by atoms with E-state index in [1.165, 1.54) is 29.2 Å². The van der Waals surface area contributed by atoms with Crippen LogP contribution >= 0.6 is 23.1 Å². The van der Waals surface area contributed by atoms with Gasteiger partial charge in [0.2, 0.25) is 0 Å². The van der Waals surface area contributed by atoms with E-state index in [0.29, 0.717) is 12.1 Å². The van der Waals surface area contributed by atoms with Crippen LogP contribution < -0.4 is 5.32 Å². The average molecular weight is 257 g/mol. The Bertz CT molecular complexity index is 259. The molecular formula is C13H23NS2. The van der Waals surface area contributed by atoms with Crippen LogP contribution in [0, 0.1) is 0 Å². The summed E-state index contributed by atoms with van der Waals surface area (Å²) in [6.45, 7) is 6.78. The molecule has 0 aliphatic rings. The molecule has 0 fully saturated rings. The minimum Gasteiger partial charge on any atom is -0.307 e. The number of hydrogen-bond acceptors (Lipinski definition) is 3. The second kappa shape index (κ2) is 8.15. The summed E-state index contributed by atoms with van der Waals surface area (Å²) < 4.78 is 0. The van der Waals surface area contributed by atoms with Gasteiger partial charge < -0.3 is 5.32 Å². The van der Waals surface area contributed by atoms with Crippen LogP contribution in [-0.4, -0.2) is 17.5 Å². The van der Waals surface area contributed by atoms with Crippen molar-refractivity contribution in [1.29, 1.82) is 0 Å². The van der Waals surface area contributed by atoms with Crippen molar-refractivity contribution in [3.8, 4) is 0 Å². The zero-order valence-corrected chi connectivity index (χ0v) is 12.2. The van der Waals surface area contributed by atoms with Crippen molar-refractivity contribution in [2.45, 2.75) is 45.7 Å². The zero-order valence-electron chi connectivity index (χ0n) is 10.5. The molecule has 2 unspecified atom stereocenters. The number of nitrogens with one attached hydrogen (secondary N) is 1. The molecule has 1 rings (SSSR count). The summed E-state index contributed by atoms with van der Waals surface area (Å²) in [6.07, 6.45) is 2.44. The maximum Gasteiger partial charge on any atom is 0.0414 e. The van der Waals surface area contributed by atoms with Crippen LogP contribution in [0.1, 0.15) is 44.5 Å². The summed E-state index contributed by atoms with van der Waals surface area (Å²) in [7, 11) is 0. The molecule has 0 radical (unpaired) electrons. The minimum absolute atomic E-state index is 0.543. The van der Waals surface area contributed by atoms with E-state index in [2.05, 4.69) is 43.6 Å². The first-order chi connectivity index (χ1) is 7.77. The molecule has 0 bridgehead atoms. The van der Waals surface area contributed by atoms with Crippen molar-refractivity contribution < 1.29 is 0 Å². The van der Waals surface area contributed by atoms with Crippen molar-refractivity contribution >= 4 is 23.1 Å². The van der Waals surface area contributed by atoms with Gasteiger partial charge in [-0.2, -0.15) is 11.8 Å². The maximum absolute atomic E-state index is 3.73. The molecule has 16 heavy (non-hydrogen) atoms. The molecule has 1 heterocycles. The highest BCUT2D eigenvalue weighted by Gasteiger charge is 2.12. The second-order valence-electron chi connectivity index (χ2n) is 4.03. The molecule has 0 saturated heterocycles. The smallest absolute Gasteiger partial charge is 0.0414 e. The van der Waals surface area contributed by atoms with E-state index < -0.39 is 0 Å². The van der Waals surface area contributed by atoms with E-state index >= 15 is 0 Å². The molecule has 1 nitrogen and oxygen atoms in total. The quantitative estimate of drug-likeness (QED) is 0.696. The Hall–Kier alpha value is 0.01000. The van der Waals surface area contributed by atoms with Crippen molar-refractivity contribution in [3.05, 3.63) is 22.4 Å². The first kappa shape index (κ1) is 14.1. The summed E-state index contributed by atoms with van der Waals surface area (Å²) in [6, 6.07) is 5.54. The lowest BCUT2D eigenvalue weighted by molar-refractivity contribution is 0.444. The van der Waals surface area contributed by atoms with E-state index in [0.717, 1.165) is 0 Å². The Kier molecular flexibility index (Phi) is 7.17. The summed E-state index contributed by atoms with van der Waals surface area (Å²) in [5.74, 6) is 2.50. The van der Waals surface area contributed by atoms with E-state index in [1.54, 1.807) is 0 Å². The fraction of sp³-hybridized carbons (Fsp3) is 0.692. The molecule has 1 N–H and O–H groups in total. The lowest BCUT2D eigenvalue weighted by Gasteiger charge is -2.21. The Morgan fingerprint density at radius 2 is 2.25 bits per heavy atom. The Morgan fingerprint density at radius 3 is 2.81 bits per heavy atom. The molecule has 0 saturated carbocycles. The van der Waals surface area contributed by atoms with Gasteiger partial charge in [0.1, 0.15) is 0 Å². The molecule has 1 aromatic heterocycles. The minimum atomic E-state index is 0.543. The summed E-state index contributed by atoms with van der Waals surface area (Å²) in [5, 5.41) is 5.89. The third kappa shape index (κ3) is 4.89. The second-order valence-corrected chi connectivity index (χ2v) is 6.40. The highest BCUT2D eigenvalue weighted by atomic mass is 32.2. The molecule has 0 aliphatic carbocycles. The highest BCUT2D eigenvalue weighted by molar-refractivity contribution is 7.99. The number of rotatable bonds is 8. The maximum atomic E-state index is 3.73. The Morgan fingerprint density at radius 1 is 1.44 bits per heavy atom. The lowest BCUT2D eigenvalue weighted by Crippen LogP contribution is -2.30. The fourth-order valence-corrected chi connectivity index (χ4v) is 3.40. The summed E-state index contributed by atoms with van der Waals surface area (Å²) in [5.41, 5.74) is 0. The molecule has 0 amide bonds. The van der Waals surface area contributed by atoms with Gasteiger partial charge in [-0.25, -0.2) is 0 Å². The van der Waals surface area contributed by atoms with Crippen LogP contribution in [0.15, 0.2) is 17.5 Å². The SMILES string of the molecule is CCSCCC(C)NC(CC)c1cccs1. The van der Waals surface area contributed by atoms with Crippen LogP contribution in [-0.2, 0) is 0 Å². The van der Waals surface area contributed by atoms with Crippen LogP contribution in [0.4, 0.5) is 0 Å². The van der Waals surface area contributed by atoms with E-state index in [-0.39, 0.29) is 0 Å². The predicted octanol–water partition coefficient (Wildman–Crippen LogP) is 4.32.